The van der Waals surface area contributed by atoms with Crippen molar-refractivity contribution in [2.75, 3.05) is 6.61 Å². The van der Waals surface area contributed by atoms with Gasteiger partial charge in [-0.05, 0) is 44.0 Å². The number of benzene rings is 1. The van der Waals surface area contributed by atoms with Crippen LogP contribution in [-0.4, -0.2) is 22.2 Å². The van der Waals surface area contributed by atoms with E-state index in [1.165, 1.54) is 0 Å². The first kappa shape index (κ1) is 13.5. The van der Waals surface area contributed by atoms with E-state index in [9.17, 15) is 4.79 Å². The van der Waals surface area contributed by atoms with Crippen LogP contribution in [0.15, 0.2) is 18.2 Å². The first-order valence-corrected chi connectivity index (χ1v) is 6.47. The van der Waals surface area contributed by atoms with Crippen LogP contribution in [0.25, 0.3) is 10.9 Å². The smallest absolute Gasteiger partial charge is 0.303 e. The lowest BCUT2D eigenvalue weighted by atomic mass is 10.1. The van der Waals surface area contributed by atoms with Crippen molar-refractivity contribution in [1.82, 2.24) is 4.57 Å². The fourth-order valence-corrected chi connectivity index (χ4v) is 2.50. The van der Waals surface area contributed by atoms with E-state index in [1.807, 2.05) is 39.1 Å². The second-order valence-corrected chi connectivity index (χ2v) is 4.64. The van der Waals surface area contributed by atoms with E-state index < -0.39 is 5.97 Å². The van der Waals surface area contributed by atoms with Crippen LogP contribution in [0.1, 0.15) is 24.6 Å². The highest BCUT2D eigenvalue weighted by Crippen LogP contribution is 2.29. The molecule has 4 heteroatoms. The number of ether oxygens (including phenoxy) is 1. The van der Waals surface area contributed by atoms with Crippen LogP contribution in [0.5, 0.6) is 5.75 Å². The molecule has 0 aliphatic carbocycles. The minimum absolute atomic E-state index is 0.156. The van der Waals surface area contributed by atoms with Gasteiger partial charge in [0.25, 0.3) is 0 Å². The number of aromatic nitrogens is 1. The maximum Gasteiger partial charge on any atom is 0.303 e. The summed E-state index contributed by atoms with van der Waals surface area (Å²) in [6.45, 7) is 4.64. The van der Waals surface area contributed by atoms with E-state index in [0.29, 0.717) is 13.0 Å². The summed E-state index contributed by atoms with van der Waals surface area (Å²) in [6.07, 6.45) is 0.708. The summed E-state index contributed by atoms with van der Waals surface area (Å²) >= 11 is 0. The predicted molar refractivity (Wildman–Crippen MR) is 74.8 cm³/mol. The van der Waals surface area contributed by atoms with Crippen molar-refractivity contribution in [2.24, 2.45) is 7.05 Å². The molecule has 0 aliphatic heterocycles. The number of carboxylic acids is 1. The monoisotopic (exact) mass is 261 g/mol. The van der Waals surface area contributed by atoms with Gasteiger partial charge in [-0.1, -0.05) is 0 Å². The van der Waals surface area contributed by atoms with E-state index in [2.05, 4.69) is 4.57 Å². The fourth-order valence-electron chi connectivity index (χ4n) is 2.50. The van der Waals surface area contributed by atoms with E-state index in [0.717, 1.165) is 27.9 Å². The van der Waals surface area contributed by atoms with Crippen molar-refractivity contribution in [2.45, 2.75) is 26.7 Å². The van der Waals surface area contributed by atoms with Crippen LogP contribution in [0.4, 0.5) is 0 Å². The Morgan fingerprint density at radius 2 is 2.16 bits per heavy atom. The first-order chi connectivity index (χ1) is 9.04. The zero-order valence-corrected chi connectivity index (χ0v) is 11.6. The summed E-state index contributed by atoms with van der Waals surface area (Å²) in [5, 5.41) is 9.95. The number of aliphatic carboxylic acids is 1. The number of hydrogen-bond donors (Lipinski definition) is 1. The molecule has 0 saturated carbocycles. The third-order valence-electron chi connectivity index (χ3n) is 3.46. The SMILES string of the molecule is CCOc1ccc2c(c1)c(C)c(CCC(=O)O)n2C. The molecule has 102 valence electrons. The first-order valence-electron chi connectivity index (χ1n) is 6.47. The Kier molecular flexibility index (Phi) is 3.79. The van der Waals surface area contributed by atoms with Gasteiger partial charge in [0.15, 0.2) is 0 Å². The normalized spacial score (nSPS) is 10.9. The molecule has 0 saturated heterocycles. The van der Waals surface area contributed by atoms with Gasteiger partial charge in [0, 0.05) is 23.6 Å². The highest BCUT2D eigenvalue weighted by Gasteiger charge is 2.13. The average molecular weight is 261 g/mol. The van der Waals surface area contributed by atoms with Gasteiger partial charge >= 0.3 is 5.97 Å². The molecule has 0 atom stereocenters. The quantitative estimate of drug-likeness (QED) is 0.900. The van der Waals surface area contributed by atoms with Gasteiger partial charge in [-0.2, -0.15) is 0 Å². The standard InChI is InChI=1S/C15H19NO3/c1-4-19-11-5-6-14-12(9-11)10(2)13(16(14)3)7-8-15(17)18/h5-6,9H,4,7-8H2,1-3H3,(H,17,18). The minimum Gasteiger partial charge on any atom is -0.494 e. The largest absolute Gasteiger partial charge is 0.494 e. The topological polar surface area (TPSA) is 51.5 Å². The number of carbonyl (C=O) groups is 1. The predicted octanol–water partition coefficient (Wildman–Crippen LogP) is 2.90. The van der Waals surface area contributed by atoms with Crippen LogP contribution in [0.2, 0.25) is 0 Å². The molecule has 0 amide bonds. The lowest BCUT2D eigenvalue weighted by molar-refractivity contribution is -0.136. The Labute approximate surface area is 112 Å². The summed E-state index contributed by atoms with van der Waals surface area (Å²) in [7, 11) is 1.98. The molecule has 2 aromatic rings. The molecule has 1 aromatic carbocycles. The van der Waals surface area contributed by atoms with Crippen molar-refractivity contribution in [3.8, 4) is 5.75 Å². The van der Waals surface area contributed by atoms with Crippen LogP contribution in [-0.2, 0) is 18.3 Å². The maximum absolute atomic E-state index is 10.7. The van der Waals surface area contributed by atoms with Gasteiger partial charge in [-0.15, -0.1) is 0 Å². The van der Waals surface area contributed by atoms with E-state index in [4.69, 9.17) is 9.84 Å². The molecule has 1 N–H and O–H groups in total. The number of rotatable bonds is 5. The Morgan fingerprint density at radius 3 is 2.79 bits per heavy atom. The molecule has 0 spiro atoms. The highest BCUT2D eigenvalue weighted by molar-refractivity contribution is 5.86. The van der Waals surface area contributed by atoms with E-state index in [1.54, 1.807) is 0 Å². The van der Waals surface area contributed by atoms with Crippen LogP contribution >= 0.6 is 0 Å². The zero-order valence-electron chi connectivity index (χ0n) is 11.6. The van der Waals surface area contributed by atoms with Gasteiger partial charge < -0.3 is 14.4 Å². The second kappa shape index (κ2) is 5.34. The number of hydrogen-bond acceptors (Lipinski definition) is 2. The summed E-state index contributed by atoms with van der Waals surface area (Å²) < 4.78 is 7.59. The molecule has 0 radical (unpaired) electrons. The molecular formula is C15H19NO3. The molecule has 2 rings (SSSR count). The summed E-state index contributed by atoms with van der Waals surface area (Å²) in [6, 6.07) is 6.00. The van der Waals surface area contributed by atoms with Crippen molar-refractivity contribution >= 4 is 16.9 Å². The van der Waals surface area contributed by atoms with Gasteiger partial charge in [-0.3, -0.25) is 4.79 Å². The number of fused-ring (bicyclic) bond motifs is 1. The van der Waals surface area contributed by atoms with Gasteiger partial charge in [0.1, 0.15) is 5.75 Å². The number of carboxylic acid groups (broad SMARTS) is 1. The van der Waals surface area contributed by atoms with Crippen LogP contribution in [0, 0.1) is 6.92 Å². The molecule has 19 heavy (non-hydrogen) atoms. The average Bonchev–Trinajstić information content (AvgIpc) is 2.60. The zero-order chi connectivity index (χ0) is 14.0. The molecule has 0 fully saturated rings. The molecular weight excluding hydrogens is 242 g/mol. The van der Waals surface area contributed by atoms with Crippen LogP contribution in [0.3, 0.4) is 0 Å². The highest BCUT2D eigenvalue weighted by atomic mass is 16.5. The molecule has 0 unspecified atom stereocenters. The molecule has 0 bridgehead atoms. The molecule has 1 heterocycles. The Balaban J connectivity index is 2.45. The summed E-state index contributed by atoms with van der Waals surface area (Å²) in [5.74, 6) is 0.0909. The molecule has 4 nitrogen and oxygen atoms in total. The minimum atomic E-state index is -0.764. The fraction of sp³-hybridized carbons (Fsp3) is 0.400. The van der Waals surface area contributed by atoms with Crippen molar-refractivity contribution < 1.29 is 14.6 Å². The third-order valence-corrected chi connectivity index (χ3v) is 3.46. The van der Waals surface area contributed by atoms with Gasteiger partial charge in [0.05, 0.1) is 13.0 Å². The van der Waals surface area contributed by atoms with Gasteiger partial charge in [-0.25, -0.2) is 0 Å². The molecule has 1 aromatic heterocycles. The van der Waals surface area contributed by atoms with Crippen molar-refractivity contribution in [1.29, 1.82) is 0 Å². The lowest BCUT2D eigenvalue weighted by Crippen LogP contribution is -2.03. The lowest BCUT2D eigenvalue weighted by Gasteiger charge is -2.04. The summed E-state index contributed by atoms with van der Waals surface area (Å²) in [4.78, 5) is 10.7. The number of nitrogens with zero attached hydrogens (tertiary/aromatic N) is 1. The Bertz CT molecular complexity index is 613. The van der Waals surface area contributed by atoms with E-state index >= 15 is 0 Å². The van der Waals surface area contributed by atoms with Crippen molar-refractivity contribution in [3.05, 3.63) is 29.5 Å². The van der Waals surface area contributed by atoms with Crippen molar-refractivity contribution in [3.63, 3.8) is 0 Å². The van der Waals surface area contributed by atoms with E-state index in [-0.39, 0.29) is 6.42 Å². The maximum atomic E-state index is 10.7. The Hall–Kier alpha value is -1.97. The summed E-state index contributed by atoms with van der Waals surface area (Å²) in [5.41, 5.74) is 3.33. The number of aryl methyl sites for hydroxylation is 2. The molecule has 0 aliphatic rings. The van der Waals surface area contributed by atoms with Crippen LogP contribution < -0.4 is 4.74 Å². The third kappa shape index (κ3) is 2.57. The Morgan fingerprint density at radius 1 is 1.42 bits per heavy atom. The second-order valence-electron chi connectivity index (χ2n) is 4.64. The van der Waals surface area contributed by atoms with Gasteiger partial charge in [0.2, 0.25) is 0 Å².